The Hall–Kier alpha value is -1.55. The zero-order valence-electron chi connectivity index (χ0n) is 12.9. The van der Waals surface area contributed by atoms with Gasteiger partial charge in [0.1, 0.15) is 0 Å². The average molecular weight is 287 g/mol. The Kier molecular flexibility index (Phi) is 4.15. The Morgan fingerprint density at radius 3 is 3.00 bits per heavy atom. The van der Waals surface area contributed by atoms with E-state index in [2.05, 4.69) is 46.7 Å². The minimum Gasteiger partial charge on any atom is -0.366 e. The van der Waals surface area contributed by atoms with Crippen molar-refractivity contribution >= 4 is 11.6 Å². The summed E-state index contributed by atoms with van der Waals surface area (Å²) in [5.74, 6) is 0.407. The fourth-order valence-corrected chi connectivity index (χ4v) is 3.87. The van der Waals surface area contributed by atoms with Crippen molar-refractivity contribution in [2.24, 2.45) is 5.92 Å². The van der Waals surface area contributed by atoms with Gasteiger partial charge in [0.15, 0.2) is 0 Å². The summed E-state index contributed by atoms with van der Waals surface area (Å²) in [5.41, 5.74) is 2.65. The van der Waals surface area contributed by atoms with Crippen LogP contribution in [0, 0.1) is 5.92 Å². The summed E-state index contributed by atoms with van der Waals surface area (Å²) in [5, 5.41) is 6.45. The molecule has 0 aromatic heterocycles. The van der Waals surface area contributed by atoms with E-state index in [9.17, 15) is 4.79 Å². The average Bonchev–Trinajstić information content (AvgIpc) is 2.91. The molecule has 2 N–H and O–H groups in total. The zero-order chi connectivity index (χ0) is 14.8. The summed E-state index contributed by atoms with van der Waals surface area (Å²) in [6.07, 6.45) is 3.18. The van der Waals surface area contributed by atoms with Gasteiger partial charge < -0.3 is 15.5 Å². The van der Waals surface area contributed by atoms with Gasteiger partial charge in [0.2, 0.25) is 5.91 Å². The SMILES string of the molecule is CCC(NC)c1ccccc1N1CCCC2C(=O)NCC21. The molecule has 114 valence electrons. The molecule has 0 radical (unpaired) electrons. The number of hydrogen-bond acceptors (Lipinski definition) is 3. The topological polar surface area (TPSA) is 44.4 Å². The van der Waals surface area contributed by atoms with Crippen LogP contribution in [0.25, 0.3) is 0 Å². The van der Waals surface area contributed by atoms with Crippen molar-refractivity contribution < 1.29 is 4.79 Å². The summed E-state index contributed by atoms with van der Waals surface area (Å²) in [4.78, 5) is 14.4. The number of para-hydroxylation sites is 1. The maximum atomic E-state index is 12.0. The van der Waals surface area contributed by atoms with Crippen LogP contribution in [0.3, 0.4) is 0 Å². The second-order valence-electron chi connectivity index (χ2n) is 6.06. The van der Waals surface area contributed by atoms with Gasteiger partial charge in [0.25, 0.3) is 0 Å². The lowest BCUT2D eigenvalue weighted by Crippen LogP contribution is -2.46. The number of rotatable bonds is 4. The van der Waals surface area contributed by atoms with E-state index in [1.54, 1.807) is 0 Å². The van der Waals surface area contributed by atoms with E-state index in [4.69, 9.17) is 0 Å². The molecule has 1 aromatic carbocycles. The fraction of sp³-hybridized carbons (Fsp3) is 0.588. The van der Waals surface area contributed by atoms with E-state index in [0.29, 0.717) is 12.1 Å². The van der Waals surface area contributed by atoms with Gasteiger partial charge in [-0.05, 0) is 37.9 Å². The van der Waals surface area contributed by atoms with E-state index in [0.717, 1.165) is 32.4 Å². The normalized spacial score (nSPS) is 26.4. The Bertz CT molecular complexity index is 513. The van der Waals surface area contributed by atoms with Crippen molar-refractivity contribution in [3.8, 4) is 0 Å². The van der Waals surface area contributed by atoms with Gasteiger partial charge in [-0.1, -0.05) is 25.1 Å². The van der Waals surface area contributed by atoms with Crippen LogP contribution < -0.4 is 15.5 Å². The molecular formula is C17H25N3O. The van der Waals surface area contributed by atoms with Crippen LogP contribution in [0.2, 0.25) is 0 Å². The molecule has 0 bridgehead atoms. The van der Waals surface area contributed by atoms with Crippen molar-refractivity contribution in [2.75, 3.05) is 25.0 Å². The van der Waals surface area contributed by atoms with E-state index in [1.165, 1.54) is 11.3 Å². The van der Waals surface area contributed by atoms with E-state index < -0.39 is 0 Å². The number of benzene rings is 1. The predicted octanol–water partition coefficient (Wildman–Crippen LogP) is 2.07. The van der Waals surface area contributed by atoms with Crippen molar-refractivity contribution in [3.05, 3.63) is 29.8 Å². The Morgan fingerprint density at radius 1 is 1.43 bits per heavy atom. The van der Waals surface area contributed by atoms with Crippen LogP contribution in [-0.4, -0.2) is 32.1 Å². The molecule has 0 spiro atoms. The van der Waals surface area contributed by atoms with E-state index >= 15 is 0 Å². The highest BCUT2D eigenvalue weighted by atomic mass is 16.2. The van der Waals surface area contributed by atoms with Crippen LogP contribution in [0.1, 0.15) is 37.8 Å². The van der Waals surface area contributed by atoms with E-state index in [-0.39, 0.29) is 11.8 Å². The van der Waals surface area contributed by atoms with Crippen LogP contribution in [-0.2, 0) is 4.79 Å². The maximum Gasteiger partial charge on any atom is 0.225 e. The van der Waals surface area contributed by atoms with Crippen LogP contribution in [0.15, 0.2) is 24.3 Å². The lowest BCUT2D eigenvalue weighted by atomic mass is 9.89. The van der Waals surface area contributed by atoms with Gasteiger partial charge in [-0.25, -0.2) is 0 Å². The number of fused-ring (bicyclic) bond motifs is 1. The minimum absolute atomic E-state index is 0.168. The number of carbonyl (C=O) groups excluding carboxylic acids is 1. The van der Waals surface area contributed by atoms with Gasteiger partial charge in [-0.15, -0.1) is 0 Å². The molecule has 0 saturated carbocycles. The number of nitrogens with zero attached hydrogens (tertiary/aromatic N) is 1. The van der Waals surface area contributed by atoms with Gasteiger partial charge in [0.05, 0.1) is 12.0 Å². The first-order chi connectivity index (χ1) is 10.3. The number of piperidine rings is 1. The van der Waals surface area contributed by atoms with Gasteiger partial charge in [-0.2, -0.15) is 0 Å². The molecule has 2 aliphatic heterocycles. The molecule has 2 aliphatic rings. The summed E-state index contributed by atoms with van der Waals surface area (Å²) in [7, 11) is 2.02. The predicted molar refractivity (Wildman–Crippen MR) is 85.4 cm³/mol. The third-order valence-corrected chi connectivity index (χ3v) is 4.98. The number of hydrogen-bond donors (Lipinski definition) is 2. The zero-order valence-corrected chi connectivity index (χ0v) is 12.9. The van der Waals surface area contributed by atoms with Crippen LogP contribution in [0.5, 0.6) is 0 Å². The summed E-state index contributed by atoms with van der Waals surface area (Å²) in [6.45, 7) is 4.04. The molecule has 2 heterocycles. The lowest BCUT2D eigenvalue weighted by Gasteiger charge is -2.39. The highest BCUT2D eigenvalue weighted by Crippen LogP contribution is 2.35. The van der Waals surface area contributed by atoms with Crippen molar-refractivity contribution in [1.82, 2.24) is 10.6 Å². The van der Waals surface area contributed by atoms with Crippen LogP contribution in [0.4, 0.5) is 5.69 Å². The molecule has 2 fully saturated rings. The fourth-order valence-electron chi connectivity index (χ4n) is 3.87. The smallest absolute Gasteiger partial charge is 0.225 e. The number of amides is 1. The monoisotopic (exact) mass is 287 g/mol. The first-order valence-electron chi connectivity index (χ1n) is 8.06. The minimum atomic E-state index is 0.168. The largest absolute Gasteiger partial charge is 0.366 e. The molecule has 2 saturated heterocycles. The molecule has 21 heavy (non-hydrogen) atoms. The number of nitrogens with one attached hydrogen (secondary N) is 2. The summed E-state index contributed by atoms with van der Waals surface area (Å²) in [6, 6.07) is 9.33. The molecule has 4 nitrogen and oxygen atoms in total. The third-order valence-electron chi connectivity index (χ3n) is 4.98. The standard InChI is InChI=1S/C17H25N3O/c1-3-14(18-2)12-7-4-5-9-15(12)20-10-6-8-13-16(20)11-19-17(13)21/h4-5,7,9,13-14,16,18H,3,6,8,10-11H2,1-2H3,(H,19,21). The molecular weight excluding hydrogens is 262 g/mol. The van der Waals surface area contributed by atoms with Crippen molar-refractivity contribution in [3.63, 3.8) is 0 Å². The van der Waals surface area contributed by atoms with E-state index in [1.807, 2.05) is 7.05 Å². The van der Waals surface area contributed by atoms with Gasteiger partial charge in [0, 0.05) is 24.8 Å². The van der Waals surface area contributed by atoms with Crippen LogP contribution >= 0.6 is 0 Å². The Labute approximate surface area is 126 Å². The Morgan fingerprint density at radius 2 is 2.24 bits per heavy atom. The second kappa shape index (κ2) is 6.06. The second-order valence-corrected chi connectivity index (χ2v) is 6.06. The molecule has 1 aromatic rings. The highest BCUT2D eigenvalue weighted by molar-refractivity contribution is 5.83. The summed E-state index contributed by atoms with van der Waals surface area (Å²) < 4.78 is 0. The quantitative estimate of drug-likeness (QED) is 0.891. The summed E-state index contributed by atoms with van der Waals surface area (Å²) >= 11 is 0. The number of anilines is 1. The first kappa shape index (κ1) is 14.4. The number of carbonyl (C=O) groups is 1. The molecule has 3 rings (SSSR count). The lowest BCUT2D eigenvalue weighted by molar-refractivity contribution is -0.122. The molecule has 4 heteroatoms. The molecule has 3 unspecified atom stereocenters. The molecule has 1 amide bonds. The molecule has 0 aliphatic carbocycles. The third kappa shape index (κ3) is 2.53. The van der Waals surface area contributed by atoms with Gasteiger partial charge >= 0.3 is 0 Å². The maximum absolute atomic E-state index is 12.0. The van der Waals surface area contributed by atoms with Gasteiger partial charge in [-0.3, -0.25) is 4.79 Å². The first-order valence-corrected chi connectivity index (χ1v) is 8.06. The molecule has 3 atom stereocenters. The Balaban J connectivity index is 1.94. The highest BCUT2D eigenvalue weighted by Gasteiger charge is 2.41. The van der Waals surface area contributed by atoms with Crippen molar-refractivity contribution in [2.45, 2.75) is 38.3 Å². The van der Waals surface area contributed by atoms with Crippen molar-refractivity contribution in [1.29, 1.82) is 0 Å².